The first-order valence-corrected chi connectivity index (χ1v) is 7.89. The number of benzene rings is 1. The van der Waals surface area contributed by atoms with E-state index in [1.54, 1.807) is 11.1 Å². The molecule has 0 spiro atoms. The monoisotopic (exact) mass is 311 g/mol. The molecule has 0 bridgehead atoms. The molecule has 5 heteroatoms. The van der Waals surface area contributed by atoms with Crippen LogP contribution in [0.4, 0.5) is 10.6 Å². The van der Waals surface area contributed by atoms with Gasteiger partial charge in [-0.1, -0.05) is 36.4 Å². The second-order valence-electron chi connectivity index (χ2n) is 5.58. The van der Waals surface area contributed by atoms with Gasteiger partial charge in [-0.2, -0.15) is 0 Å². The fraction of sp³-hybridized carbons (Fsp3) is 0.333. The minimum Gasteiger partial charge on any atom is -0.445 e. The zero-order valence-electron chi connectivity index (χ0n) is 13.2. The minimum atomic E-state index is -0.262. The Labute approximate surface area is 136 Å². The number of carbonyl (C=O) groups is 1. The number of aromatic nitrogens is 1. The highest BCUT2D eigenvalue weighted by molar-refractivity contribution is 5.69. The van der Waals surface area contributed by atoms with Crippen LogP contribution in [0.1, 0.15) is 30.0 Å². The van der Waals surface area contributed by atoms with Crippen LogP contribution in [0.3, 0.4) is 0 Å². The molecule has 3 rings (SSSR count). The quantitative estimate of drug-likeness (QED) is 0.937. The Morgan fingerprint density at radius 1 is 1.30 bits per heavy atom. The lowest BCUT2D eigenvalue weighted by molar-refractivity contribution is 0.0921. The number of ether oxygens (including phenoxy) is 1. The molecular formula is C18H21N3O2. The lowest BCUT2D eigenvalue weighted by Crippen LogP contribution is -2.31. The number of likely N-dealkylation sites (tertiary alicyclic amines) is 1. The van der Waals surface area contributed by atoms with Crippen LogP contribution in [0, 0.1) is 0 Å². The molecule has 1 aromatic heterocycles. The summed E-state index contributed by atoms with van der Waals surface area (Å²) in [5.74, 6) is 0.820. The summed E-state index contributed by atoms with van der Waals surface area (Å²) in [5.41, 5.74) is 2.04. The first kappa shape index (κ1) is 15.3. The van der Waals surface area contributed by atoms with Crippen LogP contribution >= 0.6 is 0 Å². The Kier molecular flexibility index (Phi) is 4.76. The van der Waals surface area contributed by atoms with E-state index in [1.165, 1.54) is 0 Å². The molecule has 120 valence electrons. The molecule has 5 nitrogen and oxygen atoms in total. The molecule has 1 aromatic carbocycles. The van der Waals surface area contributed by atoms with Gasteiger partial charge in [0.15, 0.2) is 0 Å². The van der Waals surface area contributed by atoms with Crippen molar-refractivity contribution in [3.8, 4) is 0 Å². The number of hydrogen-bond donors (Lipinski definition) is 1. The van der Waals surface area contributed by atoms with Gasteiger partial charge >= 0.3 is 6.09 Å². The van der Waals surface area contributed by atoms with Gasteiger partial charge < -0.3 is 15.0 Å². The van der Waals surface area contributed by atoms with Crippen LogP contribution in [0.25, 0.3) is 0 Å². The van der Waals surface area contributed by atoms with E-state index >= 15 is 0 Å². The molecule has 23 heavy (non-hydrogen) atoms. The largest absolute Gasteiger partial charge is 0.445 e. The molecule has 1 atom stereocenters. The van der Waals surface area contributed by atoms with E-state index in [2.05, 4.69) is 10.3 Å². The topological polar surface area (TPSA) is 54.5 Å². The van der Waals surface area contributed by atoms with Crippen LogP contribution < -0.4 is 5.32 Å². The van der Waals surface area contributed by atoms with E-state index in [4.69, 9.17) is 4.74 Å². The molecule has 1 N–H and O–H groups in total. The van der Waals surface area contributed by atoms with Gasteiger partial charge in [0.1, 0.15) is 12.4 Å². The molecule has 1 amide bonds. The van der Waals surface area contributed by atoms with Crippen molar-refractivity contribution < 1.29 is 9.53 Å². The lowest BCUT2D eigenvalue weighted by atomic mass is 10.1. The number of pyridine rings is 1. The SMILES string of the molecule is CNc1ncccc1[C@H]1CCCN1C(=O)OCc1ccccc1. The second kappa shape index (κ2) is 7.13. The predicted octanol–water partition coefficient (Wildman–Crippen LogP) is 3.60. The number of rotatable bonds is 4. The summed E-state index contributed by atoms with van der Waals surface area (Å²) >= 11 is 0. The average Bonchev–Trinajstić information content (AvgIpc) is 3.10. The minimum absolute atomic E-state index is 0.0226. The van der Waals surface area contributed by atoms with E-state index in [9.17, 15) is 4.79 Å². The first-order valence-electron chi connectivity index (χ1n) is 7.89. The molecule has 0 radical (unpaired) electrons. The predicted molar refractivity (Wildman–Crippen MR) is 89.1 cm³/mol. The third kappa shape index (κ3) is 3.44. The molecule has 2 heterocycles. The fourth-order valence-corrected chi connectivity index (χ4v) is 3.01. The maximum atomic E-state index is 12.5. The third-order valence-corrected chi connectivity index (χ3v) is 4.13. The van der Waals surface area contributed by atoms with Crippen LogP contribution in [0.2, 0.25) is 0 Å². The van der Waals surface area contributed by atoms with Crippen molar-refractivity contribution >= 4 is 11.9 Å². The average molecular weight is 311 g/mol. The van der Waals surface area contributed by atoms with Gasteiger partial charge in [-0.05, 0) is 24.5 Å². The molecule has 0 aliphatic carbocycles. The van der Waals surface area contributed by atoms with Gasteiger partial charge in [-0.25, -0.2) is 9.78 Å². The maximum absolute atomic E-state index is 12.5. The Bertz CT molecular complexity index is 660. The zero-order chi connectivity index (χ0) is 16.1. The molecule has 1 aliphatic heterocycles. The smallest absolute Gasteiger partial charge is 0.410 e. The number of amides is 1. The third-order valence-electron chi connectivity index (χ3n) is 4.13. The molecular weight excluding hydrogens is 290 g/mol. The van der Waals surface area contributed by atoms with Gasteiger partial charge in [0.25, 0.3) is 0 Å². The number of anilines is 1. The highest BCUT2D eigenvalue weighted by atomic mass is 16.6. The van der Waals surface area contributed by atoms with E-state index in [1.807, 2.05) is 49.5 Å². The summed E-state index contributed by atoms with van der Waals surface area (Å²) in [6.45, 7) is 1.02. The Morgan fingerprint density at radius 3 is 2.91 bits per heavy atom. The lowest BCUT2D eigenvalue weighted by Gasteiger charge is -2.25. The number of hydrogen-bond acceptors (Lipinski definition) is 4. The zero-order valence-corrected chi connectivity index (χ0v) is 13.2. The molecule has 1 fully saturated rings. The van der Waals surface area contributed by atoms with Crippen LogP contribution in [-0.2, 0) is 11.3 Å². The summed E-state index contributed by atoms with van der Waals surface area (Å²) in [6.07, 6.45) is 3.40. The maximum Gasteiger partial charge on any atom is 0.410 e. The summed E-state index contributed by atoms with van der Waals surface area (Å²) in [7, 11) is 1.85. The van der Waals surface area contributed by atoms with Crippen molar-refractivity contribution in [2.75, 3.05) is 18.9 Å². The van der Waals surface area contributed by atoms with Crippen molar-refractivity contribution in [2.45, 2.75) is 25.5 Å². The summed E-state index contributed by atoms with van der Waals surface area (Å²) in [6, 6.07) is 13.7. The van der Waals surface area contributed by atoms with Crippen molar-refractivity contribution in [3.63, 3.8) is 0 Å². The van der Waals surface area contributed by atoms with Crippen LogP contribution in [0.5, 0.6) is 0 Å². The van der Waals surface area contributed by atoms with E-state index in [0.29, 0.717) is 6.61 Å². The van der Waals surface area contributed by atoms with E-state index < -0.39 is 0 Å². The van der Waals surface area contributed by atoms with Gasteiger partial charge in [0, 0.05) is 25.4 Å². The van der Waals surface area contributed by atoms with Gasteiger partial charge in [-0.15, -0.1) is 0 Å². The molecule has 0 saturated carbocycles. The molecule has 0 unspecified atom stereocenters. The second-order valence-corrected chi connectivity index (χ2v) is 5.58. The highest BCUT2D eigenvalue weighted by Crippen LogP contribution is 2.35. The molecule has 1 aliphatic rings. The van der Waals surface area contributed by atoms with Crippen molar-refractivity contribution in [2.24, 2.45) is 0 Å². The number of carbonyl (C=O) groups excluding carboxylic acids is 1. The standard InChI is InChI=1S/C18H21N3O2/c1-19-17-15(9-5-11-20-17)16-10-6-12-21(16)18(22)23-13-14-7-3-2-4-8-14/h2-5,7-9,11,16H,6,10,12-13H2,1H3,(H,19,20)/t16-/m1/s1. The normalized spacial score (nSPS) is 17.1. The molecule has 2 aromatic rings. The van der Waals surface area contributed by atoms with Gasteiger partial charge in [0.05, 0.1) is 6.04 Å². The van der Waals surface area contributed by atoms with Gasteiger partial charge in [-0.3, -0.25) is 0 Å². The van der Waals surface area contributed by atoms with E-state index in [0.717, 1.165) is 36.3 Å². The Hall–Kier alpha value is -2.56. The van der Waals surface area contributed by atoms with Crippen molar-refractivity contribution in [3.05, 3.63) is 59.8 Å². The molecule has 1 saturated heterocycles. The van der Waals surface area contributed by atoms with Crippen LogP contribution in [-0.4, -0.2) is 29.6 Å². The summed E-state index contributed by atoms with van der Waals surface area (Å²) in [5, 5.41) is 3.10. The van der Waals surface area contributed by atoms with Crippen molar-refractivity contribution in [1.29, 1.82) is 0 Å². The summed E-state index contributed by atoms with van der Waals surface area (Å²) < 4.78 is 5.48. The fourth-order valence-electron chi connectivity index (χ4n) is 3.01. The number of nitrogens with zero attached hydrogens (tertiary/aromatic N) is 2. The first-order chi connectivity index (χ1) is 11.3. The van der Waals surface area contributed by atoms with Crippen molar-refractivity contribution in [1.82, 2.24) is 9.88 Å². The van der Waals surface area contributed by atoms with Crippen LogP contribution in [0.15, 0.2) is 48.7 Å². The van der Waals surface area contributed by atoms with E-state index in [-0.39, 0.29) is 12.1 Å². The Morgan fingerprint density at radius 2 is 2.13 bits per heavy atom. The number of nitrogens with one attached hydrogen (secondary N) is 1. The highest BCUT2D eigenvalue weighted by Gasteiger charge is 2.32. The summed E-state index contributed by atoms with van der Waals surface area (Å²) in [4.78, 5) is 18.6. The van der Waals surface area contributed by atoms with Gasteiger partial charge in [0.2, 0.25) is 0 Å². The Balaban J connectivity index is 1.70.